The molecule has 2 aromatic carbocycles. The zero-order valence-electron chi connectivity index (χ0n) is 14.4. The first-order valence-electron chi connectivity index (χ1n) is 8.59. The molecule has 1 heterocycles. The van der Waals surface area contributed by atoms with Gasteiger partial charge in [0.05, 0.1) is 0 Å². The van der Waals surface area contributed by atoms with Gasteiger partial charge in [0.1, 0.15) is 0 Å². The van der Waals surface area contributed by atoms with Crippen molar-refractivity contribution in [2.75, 3.05) is 23.3 Å². The summed E-state index contributed by atoms with van der Waals surface area (Å²) < 4.78 is 0. The molecule has 1 aliphatic rings. The van der Waals surface area contributed by atoms with E-state index in [-0.39, 0.29) is 0 Å². The van der Waals surface area contributed by atoms with Crippen LogP contribution >= 0.6 is 12.2 Å². The van der Waals surface area contributed by atoms with Crippen molar-refractivity contribution in [2.45, 2.75) is 32.7 Å². The molecule has 4 heteroatoms. The predicted octanol–water partition coefficient (Wildman–Crippen LogP) is 4.12. The molecule has 2 N–H and O–H groups in total. The highest BCUT2D eigenvalue weighted by Crippen LogP contribution is 2.31. The third-order valence-corrected chi connectivity index (χ3v) is 4.77. The average Bonchev–Trinajstić information content (AvgIpc) is 2.89. The van der Waals surface area contributed by atoms with Gasteiger partial charge in [-0.05, 0) is 62.7 Å². The highest BCUT2D eigenvalue weighted by molar-refractivity contribution is 7.80. The molecule has 1 aliphatic heterocycles. The molecule has 24 heavy (non-hydrogen) atoms. The van der Waals surface area contributed by atoms with Crippen molar-refractivity contribution in [1.29, 1.82) is 0 Å². The third-order valence-electron chi connectivity index (χ3n) is 4.52. The fraction of sp³-hybridized carbons (Fsp3) is 0.350. The molecule has 0 bridgehead atoms. The van der Waals surface area contributed by atoms with Crippen molar-refractivity contribution in [2.24, 2.45) is 0 Å². The number of benzene rings is 2. The fourth-order valence-electron chi connectivity index (χ4n) is 3.23. The Morgan fingerprint density at radius 2 is 1.92 bits per heavy atom. The van der Waals surface area contributed by atoms with Gasteiger partial charge in [-0.15, -0.1) is 0 Å². The third kappa shape index (κ3) is 4.06. The Morgan fingerprint density at radius 3 is 2.71 bits per heavy atom. The topological polar surface area (TPSA) is 27.3 Å². The minimum Gasteiger partial charge on any atom is -0.368 e. The molecule has 0 saturated heterocycles. The molecule has 0 spiro atoms. The average molecular weight is 340 g/mol. The Morgan fingerprint density at radius 1 is 1.17 bits per heavy atom. The maximum Gasteiger partial charge on any atom is 0.170 e. The maximum atomic E-state index is 5.37. The maximum absolute atomic E-state index is 5.37. The van der Waals surface area contributed by atoms with Gasteiger partial charge in [0.2, 0.25) is 0 Å². The first-order chi connectivity index (χ1) is 11.6. The Labute approximate surface area is 150 Å². The molecule has 0 saturated carbocycles. The summed E-state index contributed by atoms with van der Waals surface area (Å²) in [6.07, 6.45) is 2.21. The van der Waals surface area contributed by atoms with Crippen LogP contribution in [0.15, 0.2) is 48.5 Å². The van der Waals surface area contributed by atoms with Gasteiger partial charge >= 0.3 is 0 Å². The van der Waals surface area contributed by atoms with Gasteiger partial charge in [0, 0.05) is 30.5 Å². The zero-order chi connectivity index (χ0) is 16.9. The van der Waals surface area contributed by atoms with Gasteiger partial charge in [0.25, 0.3) is 0 Å². The van der Waals surface area contributed by atoms with E-state index in [1.54, 1.807) is 0 Å². The van der Waals surface area contributed by atoms with Gasteiger partial charge in [-0.2, -0.15) is 0 Å². The SMILES string of the molecule is Cc1ccc(NC(=S)NCCCN2c3ccccc3C[C@H]2C)cc1. The molecule has 0 aliphatic carbocycles. The minimum absolute atomic E-state index is 0.583. The largest absolute Gasteiger partial charge is 0.368 e. The van der Waals surface area contributed by atoms with E-state index in [1.807, 2.05) is 12.1 Å². The first-order valence-corrected chi connectivity index (χ1v) is 9.00. The lowest BCUT2D eigenvalue weighted by Gasteiger charge is -2.25. The highest BCUT2D eigenvalue weighted by Gasteiger charge is 2.24. The van der Waals surface area contributed by atoms with Crippen molar-refractivity contribution in [1.82, 2.24) is 5.32 Å². The molecule has 0 radical (unpaired) electrons. The van der Waals surface area contributed by atoms with Crippen molar-refractivity contribution < 1.29 is 0 Å². The van der Waals surface area contributed by atoms with Crippen LogP contribution in [-0.2, 0) is 6.42 Å². The predicted molar refractivity (Wildman–Crippen MR) is 107 cm³/mol. The summed E-state index contributed by atoms with van der Waals surface area (Å²) in [4.78, 5) is 2.51. The van der Waals surface area contributed by atoms with Gasteiger partial charge in [-0.3, -0.25) is 0 Å². The van der Waals surface area contributed by atoms with E-state index in [9.17, 15) is 0 Å². The van der Waals surface area contributed by atoms with E-state index >= 15 is 0 Å². The van der Waals surface area contributed by atoms with Crippen LogP contribution in [0, 0.1) is 6.92 Å². The van der Waals surface area contributed by atoms with Gasteiger partial charge in [-0.25, -0.2) is 0 Å². The van der Waals surface area contributed by atoms with Gasteiger partial charge in [0.15, 0.2) is 5.11 Å². The van der Waals surface area contributed by atoms with Crippen LogP contribution in [0.1, 0.15) is 24.5 Å². The number of hydrogen-bond donors (Lipinski definition) is 2. The number of thiocarbonyl (C=S) groups is 1. The summed E-state index contributed by atoms with van der Waals surface area (Å²) in [5.41, 5.74) is 5.14. The number of nitrogens with zero attached hydrogens (tertiary/aromatic N) is 1. The van der Waals surface area contributed by atoms with Crippen molar-refractivity contribution in [3.05, 3.63) is 59.7 Å². The minimum atomic E-state index is 0.583. The second kappa shape index (κ2) is 7.67. The van der Waals surface area contributed by atoms with Crippen molar-refractivity contribution >= 4 is 28.7 Å². The Hall–Kier alpha value is -2.07. The van der Waals surface area contributed by atoms with E-state index < -0.39 is 0 Å². The Bertz CT molecular complexity index is 696. The number of anilines is 2. The van der Waals surface area contributed by atoms with E-state index in [1.165, 1.54) is 16.8 Å². The van der Waals surface area contributed by atoms with E-state index in [4.69, 9.17) is 12.2 Å². The lowest BCUT2D eigenvalue weighted by molar-refractivity contribution is 0.641. The molecule has 1 atom stereocenters. The first kappa shape index (κ1) is 16.8. The second-order valence-electron chi connectivity index (χ2n) is 6.48. The smallest absolute Gasteiger partial charge is 0.170 e. The monoisotopic (exact) mass is 339 g/mol. The summed E-state index contributed by atoms with van der Waals surface area (Å²) in [6.45, 7) is 6.32. The summed E-state index contributed by atoms with van der Waals surface area (Å²) in [5, 5.41) is 7.22. The standard InChI is InChI=1S/C20H25N3S/c1-15-8-10-18(11-9-15)22-20(24)21-12-5-13-23-16(2)14-17-6-3-4-7-19(17)23/h3-4,6-11,16H,5,12-14H2,1-2H3,(H2,21,22,24)/t16-/m1/s1. The quantitative estimate of drug-likeness (QED) is 0.633. The van der Waals surface area contributed by atoms with Crippen LogP contribution in [0.4, 0.5) is 11.4 Å². The van der Waals surface area contributed by atoms with Crippen LogP contribution in [0.3, 0.4) is 0 Å². The van der Waals surface area contributed by atoms with E-state index in [0.29, 0.717) is 11.2 Å². The number of hydrogen-bond acceptors (Lipinski definition) is 2. The lowest BCUT2D eigenvalue weighted by Crippen LogP contribution is -2.34. The van der Waals surface area contributed by atoms with Gasteiger partial charge in [-0.1, -0.05) is 35.9 Å². The molecular weight excluding hydrogens is 314 g/mol. The number of para-hydroxylation sites is 1. The Balaban J connectivity index is 1.42. The molecule has 0 aromatic heterocycles. The number of nitrogens with one attached hydrogen (secondary N) is 2. The summed E-state index contributed by atoms with van der Waals surface area (Å²) in [6, 6.07) is 17.6. The summed E-state index contributed by atoms with van der Waals surface area (Å²) in [5.74, 6) is 0. The molecule has 2 aromatic rings. The molecule has 0 fully saturated rings. The lowest BCUT2D eigenvalue weighted by atomic mass is 10.1. The van der Waals surface area contributed by atoms with Crippen LogP contribution in [0.2, 0.25) is 0 Å². The molecule has 3 nitrogen and oxygen atoms in total. The van der Waals surface area contributed by atoms with E-state index in [0.717, 1.165) is 31.6 Å². The Kier molecular flexibility index (Phi) is 5.36. The zero-order valence-corrected chi connectivity index (χ0v) is 15.2. The second-order valence-corrected chi connectivity index (χ2v) is 6.88. The van der Waals surface area contributed by atoms with Crippen LogP contribution in [-0.4, -0.2) is 24.2 Å². The molecular formula is C20H25N3S. The summed E-state index contributed by atoms with van der Waals surface area (Å²) >= 11 is 5.37. The number of aryl methyl sites for hydroxylation is 1. The molecule has 3 rings (SSSR count). The van der Waals surface area contributed by atoms with Crippen molar-refractivity contribution in [3.63, 3.8) is 0 Å². The van der Waals surface area contributed by atoms with Crippen molar-refractivity contribution in [3.8, 4) is 0 Å². The molecule has 0 unspecified atom stereocenters. The fourth-order valence-corrected chi connectivity index (χ4v) is 3.45. The summed E-state index contributed by atoms with van der Waals surface area (Å²) in [7, 11) is 0. The highest BCUT2D eigenvalue weighted by atomic mass is 32.1. The molecule has 0 amide bonds. The van der Waals surface area contributed by atoms with Crippen LogP contribution in [0.25, 0.3) is 0 Å². The number of fused-ring (bicyclic) bond motifs is 1. The van der Waals surface area contributed by atoms with Gasteiger partial charge < -0.3 is 15.5 Å². The van der Waals surface area contributed by atoms with Crippen LogP contribution < -0.4 is 15.5 Å². The molecule has 126 valence electrons. The van der Waals surface area contributed by atoms with E-state index in [2.05, 4.69) is 65.8 Å². The normalized spacial score (nSPS) is 15.9. The van der Waals surface area contributed by atoms with Crippen LogP contribution in [0.5, 0.6) is 0 Å². The number of rotatable bonds is 5.